The molecular formula is C5H6N2S2. The van der Waals surface area contributed by atoms with Crippen LogP contribution in [0.3, 0.4) is 0 Å². The highest BCUT2D eigenvalue weighted by molar-refractivity contribution is 8.68. The first-order chi connectivity index (χ1) is 4.33. The minimum absolute atomic E-state index is 0.682. The van der Waals surface area contributed by atoms with Gasteiger partial charge in [-0.05, 0) is 22.9 Å². The van der Waals surface area contributed by atoms with Crippen molar-refractivity contribution in [2.75, 3.05) is 5.73 Å². The largest absolute Gasteiger partial charge is 0.397 e. The van der Waals surface area contributed by atoms with Crippen LogP contribution in [0.1, 0.15) is 0 Å². The maximum Gasteiger partial charge on any atom is 0.106 e. The van der Waals surface area contributed by atoms with Crippen molar-refractivity contribution in [1.29, 1.82) is 0 Å². The Morgan fingerprint density at radius 2 is 2.33 bits per heavy atom. The van der Waals surface area contributed by atoms with Crippen LogP contribution in [0.2, 0.25) is 0 Å². The van der Waals surface area contributed by atoms with Gasteiger partial charge in [0, 0.05) is 0 Å². The summed E-state index contributed by atoms with van der Waals surface area (Å²) in [6.07, 6.45) is 1.61. The number of nitrogens with zero attached hydrogens (tertiary/aromatic N) is 1. The zero-order valence-corrected chi connectivity index (χ0v) is 6.32. The van der Waals surface area contributed by atoms with Crippen molar-refractivity contribution in [2.45, 2.75) is 5.03 Å². The average molecular weight is 158 g/mol. The first-order valence-electron chi connectivity index (χ1n) is 2.36. The fourth-order valence-electron chi connectivity index (χ4n) is 0.446. The van der Waals surface area contributed by atoms with E-state index in [1.807, 2.05) is 6.07 Å². The lowest BCUT2D eigenvalue weighted by atomic mass is 10.4. The van der Waals surface area contributed by atoms with Crippen LogP contribution in [0.15, 0.2) is 23.4 Å². The Morgan fingerprint density at radius 1 is 1.56 bits per heavy atom. The van der Waals surface area contributed by atoms with Gasteiger partial charge in [-0.15, -0.1) is 11.7 Å². The van der Waals surface area contributed by atoms with E-state index in [-0.39, 0.29) is 0 Å². The number of aromatic nitrogens is 1. The molecule has 4 heteroatoms. The van der Waals surface area contributed by atoms with E-state index >= 15 is 0 Å². The third-order valence-corrected chi connectivity index (χ3v) is 1.84. The number of thiol groups is 1. The normalized spacial score (nSPS) is 9.44. The summed E-state index contributed by atoms with van der Waals surface area (Å²) >= 11 is 3.96. The minimum Gasteiger partial charge on any atom is -0.397 e. The van der Waals surface area contributed by atoms with E-state index in [9.17, 15) is 0 Å². The summed E-state index contributed by atoms with van der Waals surface area (Å²) in [5.74, 6) is 0. The van der Waals surface area contributed by atoms with E-state index in [4.69, 9.17) is 5.73 Å². The number of rotatable bonds is 1. The van der Waals surface area contributed by atoms with Crippen LogP contribution in [0, 0.1) is 0 Å². The molecule has 1 rings (SSSR count). The lowest BCUT2D eigenvalue weighted by Crippen LogP contribution is -1.84. The molecule has 0 fully saturated rings. The molecular weight excluding hydrogens is 152 g/mol. The predicted molar refractivity (Wildman–Crippen MR) is 43.5 cm³/mol. The number of anilines is 1. The highest BCUT2D eigenvalue weighted by atomic mass is 33.1. The monoisotopic (exact) mass is 158 g/mol. The summed E-state index contributed by atoms with van der Waals surface area (Å²) in [7, 11) is 1.31. The number of pyridine rings is 1. The van der Waals surface area contributed by atoms with Crippen LogP contribution >= 0.6 is 22.5 Å². The zero-order chi connectivity index (χ0) is 6.69. The molecule has 48 valence electrons. The van der Waals surface area contributed by atoms with Gasteiger partial charge in [0.1, 0.15) is 5.03 Å². The van der Waals surface area contributed by atoms with Crippen molar-refractivity contribution in [2.24, 2.45) is 0 Å². The summed E-state index contributed by atoms with van der Waals surface area (Å²) < 4.78 is 0. The van der Waals surface area contributed by atoms with Crippen LogP contribution in [-0.4, -0.2) is 4.98 Å². The molecule has 1 aromatic heterocycles. The second-order valence-electron chi connectivity index (χ2n) is 1.52. The van der Waals surface area contributed by atoms with Gasteiger partial charge in [0.05, 0.1) is 11.9 Å². The third kappa shape index (κ3) is 1.80. The fraction of sp³-hybridized carbons (Fsp3) is 0. The van der Waals surface area contributed by atoms with Crippen LogP contribution in [0.25, 0.3) is 0 Å². The van der Waals surface area contributed by atoms with E-state index in [2.05, 4.69) is 16.6 Å². The smallest absolute Gasteiger partial charge is 0.106 e. The molecule has 0 aliphatic carbocycles. The minimum atomic E-state index is 0.682. The van der Waals surface area contributed by atoms with Crippen molar-refractivity contribution in [3.05, 3.63) is 18.3 Å². The SMILES string of the molecule is Nc1ccc(SS)nc1. The maximum atomic E-state index is 5.38. The van der Waals surface area contributed by atoms with Gasteiger partial charge in [-0.2, -0.15) is 0 Å². The summed E-state index contributed by atoms with van der Waals surface area (Å²) in [5.41, 5.74) is 6.07. The molecule has 0 amide bonds. The lowest BCUT2D eigenvalue weighted by molar-refractivity contribution is 1.15. The molecule has 2 N–H and O–H groups in total. The number of nitrogen functional groups attached to an aromatic ring is 1. The molecule has 1 aromatic rings. The highest BCUT2D eigenvalue weighted by Gasteiger charge is 1.88. The standard InChI is InChI=1S/C5H6N2S2/c6-4-1-2-5(9-8)7-3-4/h1-3,8H,6H2. The Kier molecular flexibility index (Phi) is 2.24. The summed E-state index contributed by atoms with van der Waals surface area (Å²) in [6.45, 7) is 0. The van der Waals surface area contributed by atoms with Gasteiger partial charge < -0.3 is 5.73 Å². The second kappa shape index (κ2) is 2.98. The van der Waals surface area contributed by atoms with Gasteiger partial charge in [-0.25, -0.2) is 4.98 Å². The average Bonchev–Trinajstić information content (AvgIpc) is 1.90. The third-order valence-electron chi connectivity index (χ3n) is 0.853. The van der Waals surface area contributed by atoms with E-state index in [0.29, 0.717) is 5.69 Å². The maximum absolute atomic E-state index is 5.38. The van der Waals surface area contributed by atoms with Crippen LogP contribution in [0.4, 0.5) is 5.69 Å². The molecule has 9 heavy (non-hydrogen) atoms. The van der Waals surface area contributed by atoms with Gasteiger partial charge in [-0.3, -0.25) is 0 Å². The quantitative estimate of drug-likeness (QED) is 0.481. The first-order valence-corrected chi connectivity index (χ1v) is 4.23. The van der Waals surface area contributed by atoms with Crippen LogP contribution in [0.5, 0.6) is 0 Å². The molecule has 1 heterocycles. The van der Waals surface area contributed by atoms with Crippen molar-refractivity contribution in [1.82, 2.24) is 4.98 Å². The molecule has 0 spiro atoms. The Bertz CT molecular complexity index is 185. The molecule has 0 saturated carbocycles. The van der Waals surface area contributed by atoms with Gasteiger partial charge in [0.2, 0.25) is 0 Å². The summed E-state index contributed by atoms with van der Waals surface area (Å²) in [5, 5.41) is 0.868. The second-order valence-corrected chi connectivity index (χ2v) is 2.67. The Morgan fingerprint density at radius 3 is 2.78 bits per heavy atom. The number of hydrogen-bond donors (Lipinski definition) is 2. The molecule has 0 saturated heterocycles. The Balaban J connectivity index is 2.88. The molecule has 0 bridgehead atoms. The van der Waals surface area contributed by atoms with Gasteiger partial charge >= 0.3 is 0 Å². The number of nitrogens with two attached hydrogens (primary N) is 1. The highest BCUT2D eigenvalue weighted by Crippen LogP contribution is 2.18. The van der Waals surface area contributed by atoms with E-state index in [1.54, 1.807) is 12.3 Å². The van der Waals surface area contributed by atoms with Gasteiger partial charge in [0.15, 0.2) is 0 Å². The molecule has 0 unspecified atom stereocenters. The van der Waals surface area contributed by atoms with E-state index in [0.717, 1.165) is 5.03 Å². The molecule has 0 atom stereocenters. The summed E-state index contributed by atoms with van der Waals surface area (Å²) in [4.78, 5) is 3.96. The first kappa shape index (κ1) is 6.77. The Labute approximate surface area is 62.7 Å². The van der Waals surface area contributed by atoms with Crippen molar-refractivity contribution in [3.63, 3.8) is 0 Å². The van der Waals surface area contributed by atoms with Gasteiger partial charge in [0.25, 0.3) is 0 Å². The lowest BCUT2D eigenvalue weighted by Gasteiger charge is -1.92. The van der Waals surface area contributed by atoms with E-state index < -0.39 is 0 Å². The fourth-order valence-corrected chi connectivity index (χ4v) is 0.998. The van der Waals surface area contributed by atoms with Crippen molar-refractivity contribution in [3.8, 4) is 0 Å². The molecule has 2 nitrogen and oxygen atoms in total. The molecule has 0 aromatic carbocycles. The Hall–Kier alpha value is -0.350. The molecule has 0 aliphatic heterocycles. The van der Waals surface area contributed by atoms with Crippen molar-refractivity contribution < 1.29 is 0 Å². The van der Waals surface area contributed by atoms with Crippen LogP contribution in [-0.2, 0) is 0 Å². The molecule has 0 aliphatic rings. The van der Waals surface area contributed by atoms with E-state index in [1.165, 1.54) is 10.8 Å². The van der Waals surface area contributed by atoms with Crippen LogP contribution < -0.4 is 5.73 Å². The molecule has 0 radical (unpaired) electrons. The summed E-state index contributed by atoms with van der Waals surface area (Å²) in [6, 6.07) is 3.62. The number of hydrogen-bond acceptors (Lipinski definition) is 4. The zero-order valence-electron chi connectivity index (χ0n) is 4.61. The predicted octanol–water partition coefficient (Wildman–Crippen LogP) is 1.60. The van der Waals surface area contributed by atoms with Crippen molar-refractivity contribution >= 4 is 28.1 Å². The van der Waals surface area contributed by atoms with Gasteiger partial charge in [-0.1, -0.05) is 0 Å². The topological polar surface area (TPSA) is 38.9 Å².